The van der Waals surface area contributed by atoms with Gasteiger partial charge < -0.3 is 49.6 Å². The summed E-state index contributed by atoms with van der Waals surface area (Å²) in [7, 11) is 4.83. The molecular weight excluding hydrogens is 977 g/mol. The van der Waals surface area contributed by atoms with Crippen molar-refractivity contribution in [3.63, 3.8) is 0 Å². The van der Waals surface area contributed by atoms with Crippen molar-refractivity contribution in [2.75, 3.05) is 33.8 Å². The Kier molecular flexibility index (Phi) is 18.5. The van der Waals surface area contributed by atoms with Crippen LogP contribution in [0.1, 0.15) is 70.3 Å². The Morgan fingerprint density at radius 1 is 0.986 bits per heavy atom. The van der Waals surface area contributed by atoms with E-state index >= 15 is 4.39 Å². The number of rotatable bonds is 19. The highest BCUT2D eigenvalue weighted by molar-refractivity contribution is 6.31. The molecule has 3 aromatic carbocycles. The molecule has 5 rings (SSSR count). The second-order valence-corrected chi connectivity index (χ2v) is 19.6. The van der Waals surface area contributed by atoms with Gasteiger partial charge in [0.1, 0.15) is 34.8 Å². The molecule has 3 unspecified atom stereocenters. The van der Waals surface area contributed by atoms with E-state index < -0.39 is 90.4 Å². The Hall–Kier alpha value is -5.96. The van der Waals surface area contributed by atoms with E-state index in [1.807, 2.05) is 11.6 Å². The number of amides is 4. The lowest BCUT2D eigenvalue weighted by Gasteiger charge is -2.49. The second kappa shape index (κ2) is 23.5. The number of hydrogen-bond acceptors (Lipinski definition) is 10. The first kappa shape index (κ1) is 56.0. The van der Waals surface area contributed by atoms with Crippen molar-refractivity contribution >= 4 is 53.0 Å². The fourth-order valence-electron chi connectivity index (χ4n) is 8.25. The minimum Gasteiger partial charge on any atom is -0.481 e. The summed E-state index contributed by atoms with van der Waals surface area (Å²) in [6.07, 6.45) is -5.81. The zero-order valence-electron chi connectivity index (χ0n) is 40.4. The van der Waals surface area contributed by atoms with Crippen molar-refractivity contribution in [3.05, 3.63) is 99.7 Å². The molecule has 1 fully saturated rings. The molecule has 0 saturated carbocycles. The number of imidazole rings is 1. The lowest BCUT2D eigenvalue weighted by molar-refractivity contribution is -0.166. The smallest absolute Gasteiger partial charge is 0.410 e. The summed E-state index contributed by atoms with van der Waals surface area (Å²) in [6, 6.07) is 13.3. The van der Waals surface area contributed by atoms with Crippen LogP contribution >= 0.6 is 23.2 Å². The number of aliphatic carboxylic acids is 1. The molecule has 1 saturated heterocycles. The van der Waals surface area contributed by atoms with Gasteiger partial charge in [-0.15, -0.1) is 0 Å². The summed E-state index contributed by atoms with van der Waals surface area (Å²) < 4.78 is 69.6. The van der Waals surface area contributed by atoms with E-state index in [0.717, 1.165) is 22.2 Å². The number of carbonyl (C=O) groups is 5. The third-order valence-corrected chi connectivity index (χ3v) is 12.5. The SMILES string of the molecule is CC(NCc1c(F)cc(Cl)cc1Oc1ccc(-c2cnc(CN(C)C(=O)OC(C)(C)C)n2C)cc1)C(=O)NC(CO)C(=O)N(C)[C@@]1(Cc2ccc(Cl)cc2)CCCN(C(=O)C(CC(=O)O)CC(F)(F)F)C1. The molecule has 1 aliphatic heterocycles. The second-order valence-electron chi connectivity index (χ2n) is 18.7. The van der Waals surface area contributed by atoms with E-state index in [1.54, 1.807) is 82.5 Å². The lowest BCUT2D eigenvalue weighted by atomic mass is 9.80. The molecule has 0 spiro atoms. The number of piperidine rings is 1. The number of ether oxygens (including phenoxy) is 2. The summed E-state index contributed by atoms with van der Waals surface area (Å²) in [5.41, 5.74) is 0.224. The number of aliphatic hydroxyl groups is 1. The molecule has 1 aliphatic rings. The Labute approximate surface area is 419 Å². The number of aromatic nitrogens is 2. The van der Waals surface area contributed by atoms with Gasteiger partial charge in [0.25, 0.3) is 0 Å². The molecule has 4 aromatic rings. The van der Waals surface area contributed by atoms with Gasteiger partial charge in [0.05, 0.1) is 55.4 Å². The number of carboxylic acid groups (broad SMARTS) is 1. The monoisotopic (exact) mass is 1040 g/mol. The van der Waals surface area contributed by atoms with Gasteiger partial charge >= 0.3 is 18.2 Å². The van der Waals surface area contributed by atoms with Crippen LogP contribution < -0.4 is 15.4 Å². The first-order valence-corrected chi connectivity index (χ1v) is 23.4. The molecule has 22 heteroatoms. The van der Waals surface area contributed by atoms with Crippen molar-refractivity contribution in [3.8, 4) is 22.8 Å². The van der Waals surface area contributed by atoms with Crippen LogP contribution in [0, 0.1) is 11.7 Å². The van der Waals surface area contributed by atoms with E-state index in [2.05, 4.69) is 15.6 Å². The van der Waals surface area contributed by atoms with Gasteiger partial charge in [-0.25, -0.2) is 14.2 Å². The third-order valence-electron chi connectivity index (χ3n) is 12.0. The van der Waals surface area contributed by atoms with Crippen molar-refractivity contribution < 1.29 is 61.2 Å². The average Bonchev–Trinajstić information content (AvgIpc) is 3.65. The predicted octanol–water partition coefficient (Wildman–Crippen LogP) is 7.75. The number of nitrogens with one attached hydrogen (secondary N) is 2. The number of benzene rings is 3. The molecule has 0 bridgehead atoms. The number of alkyl halides is 3. The standard InChI is InChI=1S/C49H59Cl2F4N7O9/c1-29(56-24-36-37(52)20-34(51)21-40(36)70-35-15-11-31(12-16-35)39-25-57-41(60(39)6)26-59(5)46(69)71-47(2,3)4)43(66)58-38(27-63)45(68)61(7)48(22-30-9-13-33(50)14-10-30)17-8-18-62(28-48)44(67)32(19-42(64)65)23-49(53,54)55/h9-16,20-21,25,29,32,38,56,63H,8,17-19,22-24,26-28H2,1-7H3,(H,58,66)(H,64,65)/t29?,32?,38?,48-/m1/s1. The minimum atomic E-state index is -4.83. The molecule has 0 aliphatic carbocycles. The van der Waals surface area contributed by atoms with Crippen molar-refractivity contribution in [1.29, 1.82) is 0 Å². The average molecular weight is 1040 g/mol. The zero-order chi connectivity index (χ0) is 52.6. The number of carbonyl (C=O) groups excluding carboxylic acids is 4. The largest absolute Gasteiger partial charge is 0.481 e. The number of aliphatic hydroxyl groups excluding tert-OH is 1. The van der Waals surface area contributed by atoms with Crippen molar-refractivity contribution in [2.45, 2.75) is 102 Å². The van der Waals surface area contributed by atoms with Gasteiger partial charge in [-0.2, -0.15) is 13.2 Å². The summed E-state index contributed by atoms with van der Waals surface area (Å²) in [5.74, 6) is -5.83. The Morgan fingerprint density at radius 2 is 1.65 bits per heavy atom. The predicted molar refractivity (Wildman–Crippen MR) is 256 cm³/mol. The molecule has 0 radical (unpaired) electrons. The Morgan fingerprint density at radius 3 is 2.25 bits per heavy atom. The van der Waals surface area contributed by atoms with Crippen LogP contribution in [0.3, 0.4) is 0 Å². The zero-order valence-corrected chi connectivity index (χ0v) is 41.9. The highest BCUT2D eigenvalue weighted by Gasteiger charge is 2.46. The maximum Gasteiger partial charge on any atom is 0.410 e. The van der Waals surface area contributed by atoms with Gasteiger partial charge in [0, 0.05) is 61.9 Å². The highest BCUT2D eigenvalue weighted by Crippen LogP contribution is 2.36. The molecule has 1 aromatic heterocycles. The topological polar surface area (TPSA) is 196 Å². The van der Waals surface area contributed by atoms with E-state index in [9.17, 15) is 47.4 Å². The number of likely N-dealkylation sites (N-methyl/N-ethyl adjacent to an activating group) is 1. The van der Waals surface area contributed by atoms with Crippen LogP contribution in [0.25, 0.3) is 11.3 Å². The maximum atomic E-state index is 15.6. The van der Waals surface area contributed by atoms with Gasteiger partial charge in [-0.1, -0.05) is 35.3 Å². The van der Waals surface area contributed by atoms with Crippen LogP contribution in [0.5, 0.6) is 11.5 Å². The highest BCUT2D eigenvalue weighted by atomic mass is 35.5. The molecule has 2 heterocycles. The maximum absolute atomic E-state index is 15.6. The van der Waals surface area contributed by atoms with E-state index in [1.165, 1.54) is 29.8 Å². The molecule has 4 amide bonds. The van der Waals surface area contributed by atoms with Gasteiger partial charge in [-0.05, 0) is 101 Å². The molecule has 16 nitrogen and oxygen atoms in total. The lowest BCUT2D eigenvalue weighted by Crippen LogP contribution is -2.65. The number of nitrogens with zero attached hydrogens (tertiary/aromatic N) is 5. The number of hydrogen-bond donors (Lipinski definition) is 4. The first-order chi connectivity index (χ1) is 33.2. The summed E-state index contributed by atoms with van der Waals surface area (Å²) in [6.45, 7) is 5.57. The third kappa shape index (κ3) is 15.3. The molecular formula is C49H59Cl2F4N7O9. The molecule has 4 N–H and O–H groups in total. The normalized spacial score (nSPS) is 16.4. The summed E-state index contributed by atoms with van der Waals surface area (Å²) in [4.78, 5) is 74.0. The molecule has 71 heavy (non-hydrogen) atoms. The van der Waals surface area contributed by atoms with Crippen LogP contribution in [0.4, 0.5) is 22.4 Å². The Balaban J connectivity index is 1.27. The van der Waals surface area contributed by atoms with Crippen LogP contribution in [0.15, 0.2) is 66.9 Å². The van der Waals surface area contributed by atoms with Crippen LogP contribution in [0.2, 0.25) is 10.0 Å². The van der Waals surface area contributed by atoms with E-state index in [0.29, 0.717) is 22.2 Å². The van der Waals surface area contributed by atoms with Gasteiger partial charge in [0.2, 0.25) is 17.7 Å². The summed E-state index contributed by atoms with van der Waals surface area (Å²) in [5, 5.41) is 25.8. The quantitative estimate of drug-likeness (QED) is 0.0671. The fourth-order valence-corrected chi connectivity index (χ4v) is 8.58. The van der Waals surface area contributed by atoms with E-state index in [-0.39, 0.29) is 61.8 Å². The first-order valence-electron chi connectivity index (χ1n) is 22.6. The summed E-state index contributed by atoms with van der Waals surface area (Å²) >= 11 is 12.4. The van der Waals surface area contributed by atoms with Crippen LogP contribution in [-0.2, 0) is 50.5 Å². The number of likely N-dealkylation sites (tertiary alicyclic amines) is 1. The van der Waals surface area contributed by atoms with Crippen LogP contribution in [-0.4, -0.2) is 127 Å². The van der Waals surface area contributed by atoms with Crippen molar-refractivity contribution in [1.82, 2.24) is 34.9 Å². The minimum absolute atomic E-state index is 0.000130. The number of carboxylic acids is 1. The van der Waals surface area contributed by atoms with Gasteiger partial charge in [0.15, 0.2) is 0 Å². The fraction of sp³-hybridized carbons (Fsp3) is 0.469. The number of halogens is 6. The van der Waals surface area contributed by atoms with Gasteiger partial charge in [-0.3, -0.25) is 19.2 Å². The Bertz CT molecular complexity index is 2540. The van der Waals surface area contributed by atoms with Crippen molar-refractivity contribution in [2.24, 2.45) is 13.0 Å². The molecule has 386 valence electrons. The van der Waals surface area contributed by atoms with E-state index in [4.69, 9.17) is 32.7 Å². The molecule has 4 atom stereocenters.